The van der Waals surface area contributed by atoms with Gasteiger partial charge in [0.2, 0.25) is 0 Å². The molecule has 0 aliphatic carbocycles. The van der Waals surface area contributed by atoms with Gasteiger partial charge in [0.05, 0.1) is 11.8 Å². The highest BCUT2D eigenvalue weighted by Gasteiger charge is 2.22. The second-order valence-electron chi connectivity index (χ2n) is 4.72. The molecule has 104 valence electrons. The molecular weight excluding hydrogens is 247 g/mol. The van der Waals surface area contributed by atoms with Crippen LogP contribution in [0.5, 0.6) is 0 Å². The minimum Gasteiger partial charge on any atom is -0.396 e. The van der Waals surface area contributed by atoms with E-state index >= 15 is 0 Å². The first-order valence-electron chi connectivity index (χ1n) is 6.57. The van der Waals surface area contributed by atoms with Crippen molar-refractivity contribution in [3.63, 3.8) is 0 Å². The highest BCUT2D eigenvalue weighted by atomic mass is 19.1. The van der Waals surface area contributed by atoms with Gasteiger partial charge in [0.1, 0.15) is 5.82 Å². The maximum atomic E-state index is 13.1. The van der Waals surface area contributed by atoms with Crippen LogP contribution in [0.3, 0.4) is 0 Å². The Bertz CT molecular complexity index is 459. The predicted octanol–water partition coefficient (Wildman–Crippen LogP) is 2.05. The van der Waals surface area contributed by atoms with Crippen molar-refractivity contribution in [2.45, 2.75) is 25.9 Å². The monoisotopic (exact) mass is 266 g/mol. The van der Waals surface area contributed by atoms with Crippen molar-refractivity contribution < 1.29 is 13.9 Å². The highest BCUT2D eigenvalue weighted by molar-refractivity contribution is 5.95. The molecule has 5 heteroatoms. The average Bonchev–Trinajstić information content (AvgIpc) is 2.91. The van der Waals surface area contributed by atoms with Crippen LogP contribution in [0.15, 0.2) is 18.2 Å². The first-order valence-corrected chi connectivity index (χ1v) is 6.57. The lowest BCUT2D eigenvalue weighted by Gasteiger charge is -2.24. The van der Waals surface area contributed by atoms with Crippen LogP contribution in [0, 0.1) is 5.82 Å². The fraction of sp³-hybridized carbons (Fsp3) is 0.500. The molecule has 1 saturated heterocycles. The molecule has 1 amide bonds. The Hall–Kier alpha value is -1.62. The van der Waals surface area contributed by atoms with Gasteiger partial charge in [-0.2, -0.15) is 0 Å². The van der Waals surface area contributed by atoms with Gasteiger partial charge < -0.3 is 15.4 Å². The number of anilines is 1. The third-order valence-electron chi connectivity index (χ3n) is 3.36. The first kappa shape index (κ1) is 13.8. The Morgan fingerprint density at radius 3 is 2.95 bits per heavy atom. The van der Waals surface area contributed by atoms with Crippen molar-refractivity contribution in [2.24, 2.45) is 0 Å². The van der Waals surface area contributed by atoms with Gasteiger partial charge in [0.25, 0.3) is 5.91 Å². The van der Waals surface area contributed by atoms with Crippen LogP contribution >= 0.6 is 0 Å². The minimum atomic E-state index is -0.501. The van der Waals surface area contributed by atoms with E-state index in [9.17, 15) is 9.18 Å². The molecule has 0 bridgehead atoms. The van der Waals surface area contributed by atoms with Crippen LogP contribution in [0.2, 0.25) is 0 Å². The van der Waals surface area contributed by atoms with E-state index in [1.807, 2.05) is 6.92 Å². The summed E-state index contributed by atoms with van der Waals surface area (Å²) in [6.07, 6.45) is 2.14. The van der Waals surface area contributed by atoms with Crippen LogP contribution in [-0.4, -0.2) is 36.6 Å². The maximum absolute atomic E-state index is 13.1. The zero-order chi connectivity index (χ0) is 13.8. The molecule has 0 radical (unpaired) electrons. The maximum Gasteiger partial charge on any atom is 0.254 e. The van der Waals surface area contributed by atoms with Crippen molar-refractivity contribution >= 4 is 11.6 Å². The van der Waals surface area contributed by atoms with Crippen LogP contribution < -0.4 is 5.73 Å². The second-order valence-corrected chi connectivity index (χ2v) is 4.72. The quantitative estimate of drug-likeness (QED) is 0.849. The number of benzene rings is 1. The van der Waals surface area contributed by atoms with Gasteiger partial charge in [-0.3, -0.25) is 4.79 Å². The lowest BCUT2D eigenvalue weighted by Crippen LogP contribution is -2.37. The summed E-state index contributed by atoms with van der Waals surface area (Å²) in [6, 6.07) is 4.07. The van der Waals surface area contributed by atoms with Crippen molar-refractivity contribution in [3.05, 3.63) is 29.6 Å². The van der Waals surface area contributed by atoms with E-state index in [0.717, 1.165) is 19.4 Å². The van der Waals surface area contributed by atoms with Crippen molar-refractivity contribution in [1.29, 1.82) is 0 Å². The van der Waals surface area contributed by atoms with Crippen molar-refractivity contribution in [2.75, 3.05) is 25.4 Å². The first-order chi connectivity index (χ1) is 9.11. The number of carbonyl (C=O) groups is 1. The molecule has 1 unspecified atom stereocenters. The molecule has 1 atom stereocenters. The van der Waals surface area contributed by atoms with Gasteiger partial charge in [0, 0.05) is 25.3 Å². The van der Waals surface area contributed by atoms with Crippen molar-refractivity contribution in [3.8, 4) is 0 Å². The number of hydrogen-bond donors (Lipinski definition) is 1. The molecule has 2 N–H and O–H groups in total. The molecule has 0 saturated carbocycles. The molecular formula is C14H19FN2O2. The molecule has 19 heavy (non-hydrogen) atoms. The van der Waals surface area contributed by atoms with Gasteiger partial charge in [-0.25, -0.2) is 4.39 Å². The average molecular weight is 266 g/mol. The van der Waals surface area contributed by atoms with E-state index < -0.39 is 5.82 Å². The summed E-state index contributed by atoms with van der Waals surface area (Å²) in [5.74, 6) is -0.636. The van der Waals surface area contributed by atoms with E-state index in [2.05, 4.69) is 0 Å². The number of amides is 1. The molecule has 1 aromatic carbocycles. The topological polar surface area (TPSA) is 55.6 Å². The Morgan fingerprint density at radius 1 is 1.58 bits per heavy atom. The van der Waals surface area contributed by atoms with E-state index in [0.29, 0.717) is 18.7 Å². The number of halogens is 1. The lowest BCUT2D eigenvalue weighted by molar-refractivity contribution is 0.0539. The van der Waals surface area contributed by atoms with E-state index in [4.69, 9.17) is 10.5 Å². The van der Waals surface area contributed by atoms with Gasteiger partial charge in [-0.15, -0.1) is 0 Å². The number of carbonyl (C=O) groups excluding carboxylic acids is 1. The number of nitrogen functional groups attached to an aromatic ring is 1. The number of ether oxygens (including phenoxy) is 1. The fourth-order valence-electron chi connectivity index (χ4n) is 2.25. The number of hydrogen-bond acceptors (Lipinski definition) is 3. The van der Waals surface area contributed by atoms with Gasteiger partial charge >= 0.3 is 0 Å². The van der Waals surface area contributed by atoms with E-state index in [1.165, 1.54) is 18.2 Å². The molecule has 1 aliphatic heterocycles. The largest absolute Gasteiger partial charge is 0.396 e. The predicted molar refractivity (Wildman–Crippen MR) is 71.4 cm³/mol. The van der Waals surface area contributed by atoms with Gasteiger partial charge in [0.15, 0.2) is 0 Å². The van der Waals surface area contributed by atoms with Gasteiger partial charge in [-0.1, -0.05) is 0 Å². The number of likely N-dealkylation sites (N-methyl/N-ethyl adjacent to an activating group) is 1. The van der Waals surface area contributed by atoms with E-state index in [1.54, 1.807) is 4.90 Å². The Kier molecular flexibility index (Phi) is 4.37. The number of nitrogens with two attached hydrogens (primary N) is 1. The van der Waals surface area contributed by atoms with Crippen LogP contribution in [-0.2, 0) is 4.74 Å². The summed E-state index contributed by atoms with van der Waals surface area (Å²) in [7, 11) is 0. The molecule has 1 aliphatic rings. The number of nitrogens with zero attached hydrogens (tertiary/aromatic N) is 1. The van der Waals surface area contributed by atoms with Crippen LogP contribution in [0.4, 0.5) is 10.1 Å². The zero-order valence-electron chi connectivity index (χ0n) is 11.1. The normalized spacial score (nSPS) is 18.5. The SMILES string of the molecule is CCN(CC1CCCO1)C(=O)c1ccc(F)c(N)c1. The fourth-order valence-corrected chi connectivity index (χ4v) is 2.25. The molecule has 0 spiro atoms. The highest BCUT2D eigenvalue weighted by Crippen LogP contribution is 2.17. The number of rotatable bonds is 4. The van der Waals surface area contributed by atoms with Crippen LogP contribution in [0.25, 0.3) is 0 Å². The minimum absolute atomic E-state index is 0.000908. The van der Waals surface area contributed by atoms with Crippen LogP contribution in [0.1, 0.15) is 30.1 Å². The van der Waals surface area contributed by atoms with Crippen molar-refractivity contribution in [1.82, 2.24) is 4.90 Å². The summed E-state index contributed by atoms with van der Waals surface area (Å²) >= 11 is 0. The molecule has 1 fully saturated rings. The summed E-state index contributed by atoms with van der Waals surface area (Å²) in [4.78, 5) is 14.0. The Balaban J connectivity index is 2.08. The molecule has 1 aromatic rings. The molecule has 0 aromatic heterocycles. The van der Waals surface area contributed by atoms with E-state index in [-0.39, 0.29) is 17.7 Å². The van der Waals surface area contributed by atoms with Gasteiger partial charge in [-0.05, 0) is 38.0 Å². The second kappa shape index (κ2) is 6.02. The molecule has 2 rings (SSSR count). The molecule has 1 heterocycles. The Labute approximate surface area is 112 Å². The lowest BCUT2D eigenvalue weighted by atomic mass is 10.1. The smallest absolute Gasteiger partial charge is 0.254 e. The summed E-state index contributed by atoms with van der Waals surface area (Å²) < 4.78 is 18.6. The molecule has 4 nitrogen and oxygen atoms in total. The third-order valence-corrected chi connectivity index (χ3v) is 3.36. The summed E-state index contributed by atoms with van der Waals surface area (Å²) in [6.45, 7) is 3.85. The Morgan fingerprint density at radius 2 is 2.37 bits per heavy atom. The zero-order valence-corrected chi connectivity index (χ0v) is 11.1. The standard InChI is InChI=1S/C14H19FN2O2/c1-2-17(9-11-4-3-7-19-11)14(18)10-5-6-12(15)13(16)8-10/h5-6,8,11H,2-4,7,9,16H2,1H3. The third kappa shape index (κ3) is 3.23. The summed E-state index contributed by atoms with van der Waals surface area (Å²) in [5.41, 5.74) is 5.91. The summed E-state index contributed by atoms with van der Waals surface area (Å²) in [5, 5.41) is 0.